The van der Waals surface area contributed by atoms with Gasteiger partial charge in [0.1, 0.15) is 5.82 Å². The molecule has 0 spiro atoms. The average molecular weight is 328 g/mol. The van der Waals surface area contributed by atoms with Crippen molar-refractivity contribution in [3.63, 3.8) is 0 Å². The highest BCUT2D eigenvalue weighted by atomic mass is 79.9. The van der Waals surface area contributed by atoms with E-state index in [1.807, 2.05) is 17.9 Å². The van der Waals surface area contributed by atoms with Gasteiger partial charge < -0.3 is 15.0 Å². The van der Waals surface area contributed by atoms with Crippen LogP contribution >= 0.6 is 15.9 Å². The van der Waals surface area contributed by atoms with Crippen molar-refractivity contribution in [3.05, 3.63) is 22.3 Å². The molecule has 2 heterocycles. The zero-order chi connectivity index (χ0) is 13.7. The largest absolute Gasteiger partial charge is 0.378 e. The smallest absolute Gasteiger partial charge is 0.224 e. The van der Waals surface area contributed by atoms with Crippen molar-refractivity contribution >= 4 is 27.7 Å². The van der Waals surface area contributed by atoms with Crippen LogP contribution in [0.5, 0.6) is 0 Å². The molecule has 104 valence electrons. The number of nitrogens with one attached hydrogen (secondary N) is 1. The monoisotopic (exact) mass is 327 g/mol. The second-order valence-electron chi connectivity index (χ2n) is 4.51. The van der Waals surface area contributed by atoms with Crippen LogP contribution in [0, 0.1) is 6.92 Å². The van der Waals surface area contributed by atoms with Gasteiger partial charge in [0.2, 0.25) is 5.91 Å². The Hall–Kier alpha value is -1.14. The molecular formula is C13H18BrN3O2. The molecule has 1 amide bonds. The quantitative estimate of drug-likeness (QED) is 0.916. The van der Waals surface area contributed by atoms with Crippen LogP contribution in [0.3, 0.4) is 0 Å². The molecule has 1 N–H and O–H groups in total. The van der Waals surface area contributed by atoms with Crippen LogP contribution in [0.2, 0.25) is 0 Å². The highest BCUT2D eigenvalue weighted by molar-refractivity contribution is 9.10. The third-order valence-corrected chi connectivity index (χ3v) is 3.58. The van der Waals surface area contributed by atoms with Crippen LogP contribution in [0.1, 0.15) is 12.0 Å². The van der Waals surface area contributed by atoms with Gasteiger partial charge in [-0.3, -0.25) is 4.79 Å². The molecular weight excluding hydrogens is 310 g/mol. The van der Waals surface area contributed by atoms with Gasteiger partial charge in [-0.2, -0.15) is 0 Å². The van der Waals surface area contributed by atoms with Gasteiger partial charge in [0.05, 0.1) is 17.7 Å². The number of anilines is 1. The third kappa shape index (κ3) is 4.18. The molecule has 1 aliphatic rings. The van der Waals surface area contributed by atoms with Gasteiger partial charge in [-0.1, -0.05) is 0 Å². The van der Waals surface area contributed by atoms with E-state index in [1.54, 1.807) is 6.20 Å². The molecule has 1 fully saturated rings. The lowest BCUT2D eigenvalue weighted by Gasteiger charge is -2.26. The van der Waals surface area contributed by atoms with Gasteiger partial charge in [-0.15, -0.1) is 0 Å². The maximum Gasteiger partial charge on any atom is 0.224 e. The van der Waals surface area contributed by atoms with Crippen molar-refractivity contribution in [1.29, 1.82) is 0 Å². The normalized spacial score (nSPS) is 15.4. The Labute approximate surface area is 121 Å². The van der Waals surface area contributed by atoms with E-state index in [2.05, 4.69) is 26.2 Å². The van der Waals surface area contributed by atoms with Gasteiger partial charge in [-0.05, 0) is 34.5 Å². The van der Waals surface area contributed by atoms with Crippen LogP contribution in [-0.4, -0.2) is 48.6 Å². The maximum atomic E-state index is 11.9. The minimum Gasteiger partial charge on any atom is -0.378 e. The van der Waals surface area contributed by atoms with Crippen LogP contribution in [0.4, 0.5) is 5.82 Å². The summed E-state index contributed by atoms with van der Waals surface area (Å²) < 4.78 is 6.15. The second-order valence-corrected chi connectivity index (χ2v) is 5.37. The van der Waals surface area contributed by atoms with Gasteiger partial charge in [-0.25, -0.2) is 4.98 Å². The maximum absolute atomic E-state index is 11.9. The summed E-state index contributed by atoms with van der Waals surface area (Å²) in [6.07, 6.45) is 2.28. The van der Waals surface area contributed by atoms with E-state index < -0.39 is 0 Å². The lowest BCUT2D eigenvalue weighted by molar-refractivity contribution is -0.134. The van der Waals surface area contributed by atoms with Crippen LogP contribution < -0.4 is 5.32 Å². The molecule has 1 saturated heterocycles. The first kappa shape index (κ1) is 14.3. The van der Waals surface area contributed by atoms with E-state index in [0.717, 1.165) is 15.9 Å². The van der Waals surface area contributed by atoms with Gasteiger partial charge >= 0.3 is 0 Å². The molecule has 0 bridgehead atoms. The SMILES string of the molecule is Cc1cnc(NCCC(=O)N2CCOCC2)c(Br)c1. The summed E-state index contributed by atoms with van der Waals surface area (Å²) in [6.45, 7) is 5.26. The lowest BCUT2D eigenvalue weighted by Crippen LogP contribution is -2.41. The lowest BCUT2D eigenvalue weighted by atomic mass is 10.3. The van der Waals surface area contributed by atoms with Crippen molar-refractivity contribution in [1.82, 2.24) is 9.88 Å². The predicted octanol–water partition coefficient (Wildman–Crippen LogP) is 1.81. The molecule has 0 aliphatic carbocycles. The number of morpholine rings is 1. The van der Waals surface area contributed by atoms with Crippen LogP contribution in [0.15, 0.2) is 16.7 Å². The topological polar surface area (TPSA) is 54.5 Å². The first-order valence-corrected chi connectivity index (χ1v) is 7.17. The standard InChI is InChI=1S/C13H18BrN3O2/c1-10-8-11(14)13(16-9-10)15-3-2-12(18)17-4-6-19-7-5-17/h8-9H,2-7H2,1H3,(H,15,16). The number of carbonyl (C=O) groups is 1. The first-order valence-electron chi connectivity index (χ1n) is 6.38. The Morgan fingerprint density at radius 2 is 2.26 bits per heavy atom. The summed E-state index contributed by atoms with van der Waals surface area (Å²) in [5, 5.41) is 3.17. The Kier molecular flexibility index (Phi) is 5.15. The van der Waals surface area contributed by atoms with Gasteiger partial charge in [0.25, 0.3) is 0 Å². The molecule has 19 heavy (non-hydrogen) atoms. The van der Waals surface area contributed by atoms with Crippen molar-refractivity contribution < 1.29 is 9.53 Å². The number of nitrogens with zero attached hydrogens (tertiary/aromatic N) is 2. The molecule has 5 nitrogen and oxygen atoms in total. The highest BCUT2D eigenvalue weighted by Crippen LogP contribution is 2.20. The zero-order valence-electron chi connectivity index (χ0n) is 11.0. The molecule has 6 heteroatoms. The Bertz CT molecular complexity index is 448. The number of aryl methyl sites for hydroxylation is 1. The number of ether oxygens (including phenoxy) is 1. The fraction of sp³-hybridized carbons (Fsp3) is 0.538. The Morgan fingerprint density at radius 1 is 1.53 bits per heavy atom. The van der Waals surface area contributed by atoms with Crippen molar-refractivity contribution in [2.75, 3.05) is 38.2 Å². The van der Waals surface area contributed by atoms with Crippen LogP contribution in [0.25, 0.3) is 0 Å². The molecule has 0 aromatic carbocycles. The Morgan fingerprint density at radius 3 is 2.95 bits per heavy atom. The summed E-state index contributed by atoms with van der Waals surface area (Å²) in [4.78, 5) is 18.1. The number of hydrogen-bond acceptors (Lipinski definition) is 4. The average Bonchev–Trinajstić information content (AvgIpc) is 2.42. The highest BCUT2D eigenvalue weighted by Gasteiger charge is 2.16. The number of aromatic nitrogens is 1. The number of amides is 1. The van der Waals surface area contributed by atoms with E-state index in [0.29, 0.717) is 39.3 Å². The van der Waals surface area contributed by atoms with Gasteiger partial charge in [0.15, 0.2) is 0 Å². The van der Waals surface area contributed by atoms with Crippen molar-refractivity contribution in [2.45, 2.75) is 13.3 Å². The van der Waals surface area contributed by atoms with E-state index in [-0.39, 0.29) is 5.91 Å². The van der Waals surface area contributed by atoms with Crippen molar-refractivity contribution in [3.8, 4) is 0 Å². The molecule has 0 unspecified atom stereocenters. The number of pyridine rings is 1. The molecule has 1 aromatic heterocycles. The minimum absolute atomic E-state index is 0.166. The fourth-order valence-corrected chi connectivity index (χ4v) is 2.53. The fourth-order valence-electron chi connectivity index (χ4n) is 1.92. The van der Waals surface area contributed by atoms with E-state index in [4.69, 9.17) is 4.74 Å². The van der Waals surface area contributed by atoms with E-state index in [1.165, 1.54) is 0 Å². The number of hydrogen-bond donors (Lipinski definition) is 1. The Balaban J connectivity index is 1.78. The molecule has 0 radical (unpaired) electrons. The zero-order valence-corrected chi connectivity index (χ0v) is 12.6. The molecule has 0 saturated carbocycles. The third-order valence-electron chi connectivity index (χ3n) is 2.97. The number of carbonyl (C=O) groups excluding carboxylic acids is 1. The summed E-state index contributed by atoms with van der Waals surface area (Å²) >= 11 is 3.45. The van der Waals surface area contributed by atoms with Gasteiger partial charge in [0, 0.05) is 32.3 Å². The second kappa shape index (κ2) is 6.86. The predicted molar refractivity (Wildman–Crippen MR) is 77.2 cm³/mol. The van der Waals surface area contributed by atoms with Crippen molar-refractivity contribution in [2.24, 2.45) is 0 Å². The summed E-state index contributed by atoms with van der Waals surface area (Å²) in [5.74, 6) is 0.944. The molecule has 1 aliphatic heterocycles. The number of halogens is 1. The van der Waals surface area contributed by atoms with Crippen LogP contribution in [-0.2, 0) is 9.53 Å². The minimum atomic E-state index is 0.166. The molecule has 2 rings (SSSR count). The summed E-state index contributed by atoms with van der Waals surface area (Å²) in [6, 6.07) is 2.00. The summed E-state index contributed by atoms with van der Waals surface area (Å²) in [7, 11) is 0. The van der Waals surface area contributed by atoms with E-state index in [9.17, 15) is 4.79 Å². The van der Waals surface area contributed by atoms with E-state index >= 15 is 0 Å². The molecule has 1 aromatic rings. The first-order chi connectivity index (χ1) is 9.16. The number of rotatable bonds is 4. The molecule has 0 atom stereocenters. The summed E-state index contributed by atoms with van der Waals surface area (Å²) in [5.41, 5.74) is 1.10.